The largest absolute Gasteiger partial charge is 0.467 e. The normalized spacial score (nSPS) is 16.0. The molecule has 1 aliphatic rings. The average Bonchev–Trinajstić information content (AvgIpc) is 3.20. The van der Waals surface area contributed by atoms with Gasteiger partial charge in [-0.3, -0.25) is 4.79 Å². The summed E-state index contributed by atoms with van der Waals surface area (Å²) in [6.07, 6.45) is 7.39. The van der Waals surface area contributed by atoms with Gasteiger partial charge in [0, 0.05) is 10.8 Å². The number of furan rings is 1. The first-order valence-corrected chi connectivity index (χ1v) is 8.54. The molecule has 2 aromatic heterocycles. The van der Waals surface area contributed by atoms with Gasteiger partial charge < -0.3 is 9.32 Å². The fraction of sp³-hybridized carbons (Fsp3) is 0.471. The first-order chi connectivity index (χ1) is 10.3. The molecule has 0 aliphatic heterocycles. The lowest BCUT2D eigenvalue weighted by atomic mass is 9.88. The van der Waals surface area contributed by atoms with Crippen LogP contribution in [0.5, 0.6) is 0 Å². The summed E-state index contributed by atoms with van der Waals surface area (Å²) in [5.41, 5.74) is 0. The molecule has 3 nitrogen and oxygen atoms in total. The highest BCUT2D eigenvalue weighted by atomic mass is 32.1. The van der Waals surface area contributed by atoms with Crippen molar-refractivity contribution in [3.63, 3.8) is 0 Å². The molecule has 21 heavy (non-hydrogen) atoms. The molecule has 0 spiro atoms. The lowest BCUT2D eigenvalue weighted by Crippen LogP contribution is -2.35. The van der Waals surface area contributed by atoms with Crippen LogP contribution in [0.2, 0.25) is 0 Å². The second-order valence-electron chi connectivity index (χ2n) is 5.69. The maximum Gasteiger partial charge on any atom is 0.226 e. The third-order valence-corrected chi connectivity index (χ3v) is 4.98. The van der Waals surface area contributed by atoms with Crippen molar-refractivity contribution < 1.29 is 9.21 Å². The Bertz CT molecular complexity index is 505. The van der Waals surface area contributed by atoms with E-state index in [2.05, 4.69) is 11.4 Å². The molecule has 2 heterocycles. The van der Waals surface area contributed by atoms with E-state index >= 15 is 0 Å². The zero-order valence-corrected chi connectivity index (χ0v) is 13.0. The number of carbonyl (C=O) groups is 1. The Kier molecular flexibility index (Phi) is 4.76. The van der Waals surface area contributed by atoms with E-state index in [0.29, 0.717) is 19.0 Å². The van der Waals surface area contributed by atoms with Gasteiger partial charge in [-0.2, -0.15) is 0 Å². The minimum Gasteiger partial charge on any atom is -0.467 e. The predicted molar refractivity (Wildman–Crippen MR) is 83.9 cm³/mol. The van der Waals surface area contributed by atoms with E-state index in [1.54, 1.807) is 17.6 Å². The van der Waals surface area contributed by atoms with E-state index in [1.807, 2.05) is 23.1 Å². The number of carbonyl (C=O) groups excluding carboxylic acids is 1. The molecule has 1 fully saturated rings. The zero-order valence-electron chi connectivity index (χ0n) is 12.2. The molecule has 112 valence electrons. The highest BCUT2D eigenvalue weighted by Gasteiger charge is 2.26. The summed E-state index contributed by atoms with van der Waals surface area (Å²) in [7, 11) is 0. The van der Waals surface area contributed by atoms with Crippen LogP contribution in [-0.2, 0) is 17.9 Å². The van der Waals surface area contributed by atoms with E-state index < -0.39 is 0 Å². The topological polar surface area (TPSA) is 33.5 Å². The standard InChI is InChI=1S/C17H21NO2S/c19-17(14-6-2-1-3-7-14)18(12-15-8-4-10-20-15)13-16-9-5-11-21-16/h4-5,8-11,14H,1-3,6-7,12-13H2. The van der Waals surface area contributed by atoms with Crippen LogP contribution in [0.15, 0.2) is 40.3 Å². The molecule has 0 aromatic carbocycles. The van der Waals surface area contributed by atoms with E-state index in [1.165, 1.54) is 24.1 Å². The summed E-state index contributed by atoms with van der Waals surface area (Å²) >= 11 is 1.70. The van der Waals surface area contributed by atoms with Gasteiger partial charge in [-0.15, -0.1) is 11.3 Å². The van der Waals surface area contributed by atoms with Crippen LogP contribution in [-0.4, -0.2) is 10.8 Å². The Hall–Kier alpha value is -1.55. The van der Waals surface area contributed by atoms with Gasteiger partial charge in [-0.25, -0.2) is 0 Å². The third kappa shape index (κ3) is 3.76. The summed E-state index contributed by atoms with van der Waals surface area (Å²) in [6.45, 7) is 1.26. The Labute approximate surface area is 129 Å². The van der Waals surface area contributed by atoms with Gasteiger partial charge in [0.2, 0.25) is 5.91 Å². The van der Waals surface area contributed by atoms with Crippen molar-refractivity contribution in [3.8, 4) is 0 Å². The second-order valence-corrected chi connectivity index (χ2v) is 6.72. The number of rotatable bonds is 5. The number of nitrogens with zero attached hydrogens (tertiary/aromatic N) is 1. The number of amides is 1. The third-order valence-electron chi connectivity index (χ3n) is 4.12. The lowest BCUT2D eigenvalue weighted by Gasteiger charge is -2.28. The molecule has 0 N–H and O–H groups in total. The van der Waals surface area contributed by atoms with Crippen molar-refractivity contribution >= 4 is 17.2 Å². The smallest absolute Gasteiger partial charge is 0.226 e. The van der Waals surface area contributed by atoms with Crippen LogP contribution in [0.3, 0.4) is 0 Å². The maximum absolute atomic E-state index is 12.8. The van der Waals surface area contributed by atoms with Crippen molar-refractivity contribution in [1.82, 2.24) is 4.90 Å². The molecular weight excluding hydrogens is 282 g/mol. The summed E-state index contributed by atoms with van der Waals surface area (Å²) in [5.74, 6) is 1.35. The average molecular weight is 303 g/mol. The van der Waals surface area contributed by atoms with Crippen molar-refractivity contribution in [1.29, 1.82) is 0 Å². The fourth-order valence-electron chi connectivity index (χ4n) is 3.00. The molecule has 4 heteroatoms. The molecule has 3 rings (SSSR count). The monoisotopic (exact) mass is 303 g/mol. The predicted octanol–water partition coefficient (Wildman–Crippen LogP) is 4.45. The van der Waals surface area contributed by atoms with E-state index in [0.717, 1.165) is 18.6 Å². The van der Waals surface area contributed by atoms with Gasteiger partial charge >= 0.3 is 0 Å². The van der Waals surface area contributed by atoms with Gasteiger partial charge in [0.25, 0.3) is 0 Å². The van der Waals surface area contributed by atoms with Gasteiger partial charge in [0.05, 0.1) is 19.4 Å². The van der Waals surface area contributed by atoms with Crippen LogP contribution in [0.25, 0.3) is 0 Å². The molecule has 0 radical (unpaired) electrons. The van der Waals surface area contributed by atoms with Crippen molar-refractivity contribution in [2.24, 2.45) is 5.92 Å². The van der Waals surface area contributed by atoms with Gasteiger partial charge in [0.1, 0.15) is 5.76 Å². The molecule has 1 aliphatic carbocycles. The maximum atomic E-state index is 12.8. The Morgan fingerprint density at radius 2 is 2.05 bits per heavy atom. The molecule has 0 unspecified atom stereocenters. The minimum atomic E-state index is 0.202. The second kappa shape index (κ2) is 6.94. The van der Waals surface area contributed by atoms with Gasteiger partial charge in [-0.05, 0) is 36.4 Å². The number of hydrogen-bond donors (Lipinski definition) is 0. The summed E-state index contributed by atoms with van der Waals surface area (Å²) in [5, 5.41) is 2.06. The summed E-state index contributed by atoms with van der Waals surface area (Å²) in [6, 6.07) is 7.95. The SMILES string of the molecule is O=C(C1CCCCC1)N(Cc1ccco1)Cc1cccs1. The first kappa shape index (κ1) is 14.4. The highest BCUT2D eigenvalue weighted by molar-refractivity contribution is 7.09. The lowest BCUT2D eigenvalue weighted by molar-refractivity contribution is -0.138. The molecule has 0 saturated heterocycles. The van der Waals surface area contributed by atoms with E-state index in [9.17, 15) is 4.79 Å². The number of hydrogen-bond acceptors (Lipinski definition) is 3. The molecule has 0 atom stereocenters. The van der Waals surface area contributed by atoms with Crippen LogP contribution < -0.4 is 0 Å². The molecular formula is C17H21NO2S. The summed E-state index contributed by atoms with van der Waals surface area (Å²) < 4.78 is 5.43. The van der Waals surface area contributed by atoms with Crippen molar-refractivity contribution in [2.45, 2.75) is 45.2 Å². The fourth-order valence-corrected chi connectivity index (χ4v) is 3.72. The van der Waals surface area contributed by atoms with Gasteiger partial charge in [-0.1, -0.05) is 25.3 Å². The molecule has 1 saturated carbocycles. The van der Waals surface area contributed by atoms with Crippen molar-refractivity contribution in [2.75, 3.05) is 0 Å². The zero-order chi connectivity index (χ0) is 14.5. The highest BCUT2D eigenvalue weighted by Crippen LogP contribution is 2.27. The van der Waals surface area contributed by atoms with Crippen molar-refractivity contribution in [3.05, 3.63) is 46.5 Å². The van der Waals surface area contributed by atoms with Crippen LogP contribution in [0.4, 0.5) is 0 Å². The van der Waals surface area contributed by atoms with Crippen LogP contribution >= 0.6 is 11.3 Å². The summed E-state index contributed by atoms with van der Waals surface area (Å²) in [4.78, 5) is 16.0. The van der Waals surface area contributed by atoms with Gasteiger partial charge in [0.15, 0.2) is 0 Å². The number of thiophene rings is 1. The van der Waals surface area contributed by atoms with Crippen LogP contribution in [0.1, 0.15) is 42.7 Å². The van der Waals surface area contributed by atoms with E-state index in [4.69, 9.17) is 4.42 Å². The minimum absolute atomic E-state index is 0.202. The Morgan fingerprint density at radius 3 is 2.71 bits per heavy atom. The first-order valence-electron chi connectivity index (χ1n) is 7.66. The van der Waals surface area contributed by atoms with Crippen LogP contribution in [0, 0.1) is 5.92 Å². The molecule has 2 aromatic rings. The molecule has 0 bridgehead atoms. The molecule has 1 amide bonds. The Morgan fingerprint density at radius 1 is 1.19 bits per heavy atom. The Balaban J connectivity index is 1.72. The quantitative estimate of drug-likeness (QED) is 0.817. The van der Waals surface area contributed by atoms with E-state index in [-0.39, 0.29) is 5.92 Å².